The van der Waals surface area contributed by atoms with Gasteiger partial charge in [-0.25, -0.2) is 0 Å². The third kappa shape index (κ3) is 8.47. The zero-order valence-electron chi connectivity index (χ0n) is 12.3. The molecule has 0 aliphatic carbocycles. The molecule has 0 aliphatic heterocycles. The van der Waals surface area contributed by atoms with Crippen molar-refractivity contribution in [1.82, 2.24) is 10.6 Å². The second-order valence-corrected chi connectivity index (χ2v) is 5.24. The van der Waals surface area contributed by atoms with E-state index in [2.05, 4.69) is 10.6 Å². The Labute approximate surface area is 119 Å². The maximum atomic E-state index is 11.6. The minimum Gasteiger partial charge on any atom is -0.481 e. The second kappa shape index (κ2) is 9.30. The van der Waals surface area contributed by atoms with Crippen molar-refractivity contribution in [1.29, 1.82) is 0 Å². The van der Waals surface area contributed by atoms with Crippen molar-refractivity contribution in [2.24, 2.45) is 11.7 Å². The van der Waals surface area contributed by atoms with E-state index in [1.165, 1.54) is 0 Å². The van der Waals surface area contributed by atoms with E-state index < -0.39 is 12.0 Å². The summed E-state index contributed by atoms with van der Waals surface area (Å²) >= 11 is 0. The summed E-state index contributed by atoms with van der Waals surface area (Å²) in [5, 5.41) is 13.7. The van der Waals surface area contributed by atoms with Crippen LogP contribution in [0.3, 0.4) is 0 Å². The Kier molecular flexibility index (Phi) is 8.54. The van der Waals surface area contributed by atoms with E-state index in [0.717, 1.165) is 0 Å². The van der Waals surface area contributed by atoms with Crippen LogP contribution in [0.25, 0.3) is 0 Å². The molecule has 7 nitrogen and oxygen atoms in total. The molecular formula is C13H25N3O4. The topological polar surface area (TPSA) is 122 Å². The van der Waals surface area contributed by atoms with E-state index >= 15 is 0 Å². The molecule has 1 unspecified atom stereocenters. The Morgan fingerprint density at radius 1 is 1.20 bits per heavy atom. The molecule has 7 heteroatoms. The molecule has 0 radical (unpaired) electrons. The Morgan fingerprint density at radius 2 is 1.80 bits per heavy atom. The Hall–Kier alpha value is -1.63. The van der Waals surface area contributed by atoms with Crippen LogP contribution in [0.4, 0.5) is 0 Å². The molecule has 116 valence electrons. The summed E-state index contributed by atoms with van der Waals surface area (Å²) in [4.78, 5) is 33.5. The highest BCUT2D eigenvalue weighted by molar-refractivity contribution is 5.87. The average Bonchev–Trinajstić information content (AvgIpc) is 2.34. The van der Waals surface area contributed by atoms with Crippen LogP contribution in [0.5, 0.6) is 0 Å². The summed E-state index contributed by atoms with van der Waals surface area (Å²) in [5.41, 5.74) is 5.64. The molecule has 0 spiro atoms. The molecule has 2 atom stereocenters. The Morgan fingerprint density at radius 3 is 2.30 bits per heavy atom. The van der Waals surface area contributed by atoms with Crippen molar-refractivity contribution in [3.63, 3.8) is 0 Å². The van der Waals surface area contributed by atoms with Crippen LogP contribution < -0.4 is 16.4 Å². The summed E-state index contributed by atoms with van der Waals surface area (Å²) < 4.78 is 0. The van der Waals surface area contributed by atoms with Gasteiger partial charge in [-0.1, -0.05) is 13.8 Å². The standard InChI is InChI=1S/C13H25N3O4/c1-8(2)12(14)13(20)15-7-10(17)16-9(3)5-4-6-11(18)19/h8-9,12H,4-7,14H2,1-3H3,(H,15,20)(H,16,17)(H,18,19)/t9?,12-/m0/s1. The number of carboxylic acids is 1. The molecule has 0 bridgehead atoms. The van der Waals surface area contributed by atoms with Crippen LogP contribution in [-0.2, 0) is 14.4 Å². The molecule has 0 aromatic heterocycles. The zero-order valence-corrected chi connectivity index (χ0v) is 12.3. The summed E-state index contributed by atoms with van der Waals surface area (Å²) in [6, 6.07) is -0.756. The summed E-state index contributed by atoms with van der Waals surface area (Å²) in [6.45, 7) is 5.33. The van der Waals surface area contributed by atoms with Crippen molar-refractivity contribution in [2.45, 2.75) is 52.1 Å². The molecule has 0 saturated heterocycles. The van der Waals surface area contributed by atoms with Gasteiger partial charge < -0.3 is 21.5 Å². The van der Waals surface area contributed by atoms with Crippen molar-refractivity contribution in [3.8, 4) is 0 Å². The third-order valence-electron chi connectivity index (χ3n) is 2.88. The number of amides is 2. The Bertz CT molecular complexity index is 345. The predicted molar refractivity (Wildman–Crippen MR) is 74.9 cm³/mol. The summed E-state index contributed by atoms with van der Waals surface area (Å²) in [7, 11) is 0. The lowest BCUT2D eigenvalue weighted by molar-refractivity contribution is -0.137. The minimum atomic E-state index is -0.849. The normalized spacial score (nSPS) is 13.7. The molecule has 0 aliphatic rings. The number of carbonyl (C=O) groups is 3. The zero-order chi connectivity index (χ0) is 15.7. The minimum absolute atomic E-state index is 0.00741. The molecule has 20 heavy (non-hydrogen) atoms. The van der Waals surface area contributed by atoms with Crippen molar-refractivity contribution >= 4 is 17.8 Å². The lowest BCUT2D eigenvalue weighted by atomic mass is 10.1. The first-order valence-electron chi connectivity index (χ1n) is 6.78. The maximum Gasteiger partial charge on any atom is 0.303 e. The second-order valence-electron chi connectivity index (χ2n) is 5.24. The number of hydrogen-bond donors (Lipinski definition) is 4. The number of carboxylic acid groups (broad SMARTS) is 1. The van der Waals surface area contributed by atoms with E-state index in [4.69, 9.17) is 10.8 Å². The molecule has 0 rings (SSSR count). The first-order valence-corrected chi connectivity index (χ1v) is 6.78. The van der Waals surface area contributed by atoms with Gasteiger partial charge >= 0.3 is 5.97 Å². The summed E-state index contributed by atoms with van der Waals surface area (Å²) in [6.07, 6.45) is 1.17. The van der Waals surface area contributed by atoms with E-state index in [0.29, 0.717) is 12.8 Å². The number of aliphatic carboxylic acids is 1. The highest BCUT2D eigenvalue weighted by atomic mass is 16.4. The maximum absolute atomic E-state index is 11.6. The number of hydrogen-bond acceptors (Lipinski definition) is 4. The van der Waals surface area contributed by atoms with E-state index in [1.807, 2.05) is 13.8 Å². The molecule has 2 amide bonds. The number of nitrogens with two attached hydrogens (primary N) is 1. The number of nitrogens with one attached hydrogen (secondary N) is 2. The third-order valence-corrected chi connectivity index (χ3v) is 2.88. The fourth-order valence-electron chi connectivity index (χ4n) is 1.55. The van der Waals surface area contributed by atoms with Crippen LogP contribution in [0.15, 0.2) is 0 Å². The first kappa shape index (κ1) is 18.4. The first-order chi connectivity index (χ1) is 9.23. The van der Waals surface area contributed by atoms with Gasteiger partial charge in [-0.15, -0.1) is 0 Å². The van der Waals surface area contributed by atoms with E-state index in [-0.39, 0.29) is 36.7 Å². The van der Waals surface area contributed by atoms with Gasteiger partial charge in [0.25, 0.3) is 0 Å². The van der Waals surface area contributed by atoms with Crippen LogP contribution in [0, 0.1) is 5.92 Å². The van der Waals surface area contributed by atoms with Crippen LogP contribution >= 0.6 is 0 Å². The Balaban J connectivity index is 3.88. The summed E-state index contributed by atoms with van der Waals surface area (Å²) in [5.74, 6) is -1.50. The van der Waals surface area contributed by atoms with Gasteiger partial charge in [-0.3, -0.25) is 14.4 Å². The van der Waals surface area contributed by atoms with Crippen molar-refractivity contribution in [3.05, 3.63) is 0 Å². The lowest BCUT2D eigenvalue weighted by Crippen LogP contribution is -2.48. The largest absolute Gasteiger partial charge is 0.481 e. The monoisotopic (exact) mass is 287 g/mol. The highest BCUT2D eigenvalue weighted by Gasteiger charge is 2.17. The van der Waals surface area contributed by atoms with Crippen LogP contribution in [0.2, 0.25) is 0 Å². The number of carbonyl (C=O) groups excluding carboxylic acids is 2. The fraction of sp³-hybridized carbons (Fsp3) is 0.769. The van der Waals surface area contributed by atoms with Gasteiger partial charge in [0.05, 0.1) is 12.6 Å². The molecule has 0 aromatic carbocycles. The highest BCUT2D eigenvalue weighted by Crippen LogP contribution is 2.00. The van der Waals surface area contributed by atoms with Crippen LogP contribution in [0.1, 0.15) is 40.0 Å². The smallest absolute Gasteiger partial charge is 0.303 e. The molecule has 0 aromatic rings. The fourth-order valence-corrected chi connectivity index (χ4v) is 1.55. The van der Waals surface area contributed by atoms with E-state index in [1.54, 1.807) is 6.92 Å². The SMILES string of the molecule is CC(CCCC(=O)O)NC(=O)CNC(=O)[C@@H](N)C(C)C. The predicted octanol–water partition coefficient (Wildman–Crippen LogP) is -0.154. The van der Waals surface area contributed by atoms with Gasteiger partial charge in [0, 0.05) is 12.5 Å². The molecular weight excluding hydrogens is 262 g/mol. The van der Waals surface area contributed by atoms with Gasteiger partial charge in [0.15, 0.2) is 0 Å². The quantitative estimate of drug-likeness (QED) is 0.469. The molecule has 0 fully saturated rings. The van der Waals surface area contributed by atoms with Gasteiger partial charge in [0.2, 0.25) is 11.8 Å². The van der Waals surface area contributed by atoms with Gasteiger partial charge in [-0.05, 0) is 25.7 Å². The lowest BCUT2D eigenvalue weighted by Gasteiger charge is -2.16. The van der Waals surface area contributed by atoms with E-state index in [9.17, 15) is 14.4 Å². The van der Waals surface area contributed by atoms with Gasteiger partial charge in [0.1, 0.15) is 0 Å². The van der Waals surface area contributed by atoms with Gasteiger partial charge in [-0.2, -0.15) is 0 Å². The average molecular weight is 287 g/mol. The molecule has 5 N–H and O–H groups in total. The van der Waals surface area contributed by atoms with Crippen molar-refractivity contribution in [2.75, 3.05) is 6.54 Å². The molecule has 0 saturated carbocycles. The van der Waals surface area contributed by atoms with Crippen molar-refractivity contribution < 1.29 is 19.5 Å². The van der Waals surface area contributed by atoms with Crippen LogP contribution in [-0.4, -0.2) is 41.5 Å². The number of rotatable bonds is 9. The molecule has 0 heterocycles.